The molecule has 0 saturated carbocycles. The number of hydrogen-bond acceptors (Lipinski definition) is 0. The number of rotatable bonds is 3. The van der Waals surface area contributed by atoms with Crippen molar-refractivity contribution in [1.29, 1.82) is 0 Å². The number of hydrogen-bond donors (Lipinski definition) is 0. The van der Waals surface area contributed by atoms with Crippen LogP contribution in [0.15, 0.2) is 0 Å². The van der Waals surface area contributed by atoms with Crippen molar-refractivity contribution in [3.63, 3.8) is 0 Å². The zero-order valence-electron chi connectivity index (χ0n) is 5.62. The summed E-state index contributed by atoms with van der Waals surface area (Å²) in [6, 6.07) is 0. The van der Waals surface area contributed by atoms with Crippen LogP contribution in [0.4, 0.5) is 0 Å². The van der Waals surface area contributed by atoms with Crippen molar-refractivity contribution >= 4 is 29.6 Å². The molecule has 0 aromatic rings. The predicted octanol–water partition coefficient (Wildman–Crippen LogP) is 2.14. The first-order valence-corrected chi connectivity index (χ1v) is 3.18. The fraction of sp³-hybridized carbons (Fsp3) is 0.857. The molecule has 0 amide bonds. The van der Waals surface area contributed by atoms with E-state index in [4.69, 9.17) is 0 Å². The second kappa shape index (κ2) is 8.00. The molecule has 8 heavy (non-hydrogen) atoms. The summed E-state index contributed by atoms with van der Waals surface area (Å²) in [5.41, 5.74) is 0. The Hall–Kier alpha value is 1.00. The zero-order valence-corrected chi connectivity index (χ0v) is 5.62. The first-order chi connectivity index (χ1) is 3.35. The topological polar surface area (TPSA) is 0 Å². The quantitative estimate of drug-likeness (QED) is 0.504. The molecule has 0 aromatic heterocycles. The van der Waals surface area contributed by atoms with E-state index in [1.165, 1.54) is 19.3 Å². The maximum atomic E-state index is 2.22. The molecule has 0 aliphatic rings. The van der Waals surface area contributed by atoms with E-state index in [0.717, 1.165) is 0 Å². The average molecular weight is 123 g/mol. The van der Waals surface area contributed by atoms with E-state index in [0.29, 0.717) is 0 Å². The molecule has 0 bridgehead atoms. The fourth-order valence-corrected chi connectivity index (χ4v) is 0.750. The first-order valence-electron chi connectivity index (χ1n) is 3.18. The van der Waals surface area contributed by atoms with Gasteiger partial charge in [0.25, 0.3) is 0 Å². The minimum atomic E-state index is 0. The summed E-state index contributed by atoms with van der Waals surface area (Å²) in [6.45, 7) is 6.67. The van der Waals surface area contributed by atoms with Crippen LogP contribution in [0.2, 0.25) is 0 Å². The maximum absolute atomic E-state index is 2.22. The summed E-state index contributed by atoms with van der Waals surface area (Å²) >= 11 is 0. The van der Waals surface area contributed by atoms with Crippen LogP contribution < -0.4 is 0 Å². The van der Waals surface area contributed by atoms with Gasteiger partial charge < -0.3 is 0 Å². The third-order valence-electron chi connectivity index (χ3n) is 1.50. The summed E-state index contributed by atoms with van der Waals surface area (Å²) in [4.78, 5) is 0. The van der Waals surface area contributed by atoms with Gasteiger partial charge in [-0.1, -0.05) is 20.8 Å². The monoisotopic (exact) mass is 123 g/mol. The van der Waals surface area contributed by atoms with E-state index in [1.54, 1.807) is 5.92 Å². The summed E-state index contributed by atoms with van der Waals surface area (Å²) in [6.07, 6.45) is 3.81. The third kappa shape index (κ3) is 5.14. The van der Waals surface area contributed by atoms with Crippen molar-refractivity contribution in [2.75, 3.05) is 0 Å². The van der Waals surface area contributed by atoms with Crippen molar-refractivity contribution in [3.8, 4) is 0 Å². The molecule has 0 fully saturated rings. The normalized spacial score (nSPS) is 9.00. The Labute approximate surface area is 75.3 Å². The molecule has 0 aliphatic carbocycles. The summed E-state index contributed by atoms with van der Waals surface area (Å²) < 4.78 is 0. The van der Waals surface area contributed by atoms with Crippen LogP contribution in [-0.2, 0) is 0 Å². The standard InChI is InChI=1S/C7H15.Na.H/c1-4-7(5-2)6-3;;/h4-6H2,1-3H3;;. The van der Waals surface area contributed by atoms with E-state index in [1.807, 2.05) is 0 Å². The molecule has 0 heterocycles. The van der Waals surface area contributed by atoms with E-state index in [-0.39, 0.29) is 29.6 Å². The van der Waals surface area contributed by atoms with Gasteiger partial charge in [0.2, 0.25) is 0 Å². The van der Waals surface area contributed by atoms with Crippen molar-refractivity contribution in [2.45, 2.75) is 40.0 Å². The Bertz CT molecular complexity index is 25.9. The molecule has 1 radical (unpaired) electrons. The van der Waals surface area contributed by atoms with Crippen molar-refractivity contribution in [2.24, 2.45) is 0 Å². The molecule has 0 nitrogen and oxygen atoms in total. The first kappa shape index (κ1) is 11.8. The van der Waals surface area contributed by atoms with E-state index in [9.17, 15) is 0 Å². The molecule has 0 aliphatic heterocycles. The van der Waals surface area contributed by atoms with Crippen molar-refractivity contribution < 1.29 is 0 Å². The second-order valence-electron chi connectivity index (χ2n) is 1.81. The van der Waals surface area contributed by atoms with Gasteiger partial charge in [0.15, 0.2) is 0 Å². The van der Waals surface area contributed by atoms with Gasteiger partial charge in [0, 0.05) is 0 Å². The van der Waals surface area contributed by atoms with Gasteiger partial charge >= 0.3 is 29.6 Å². The van der Waals surface area contributed by atoms with Gasteiger partial charge in [0.1, 0.15) is 0 Å². The molecule has 0 rings (SSSR count). The Morgan fingerprint density at radius 1 is 0.875 bits per heavy atom. The van der Waals surface area contributed by atoms with Gasteiger partial charge in [-0.15, -0.1) is 0 Å². The molecular formula is C7H16Na. The van der Waals surface area contributed by atoms with Gasteiger partial charge in [-0.05, 0) is 25.2 Å². The summed E-state index contributed by atoms with van der Waals surface area (Å²) in [5.74, 6) is 1.68. The Balaban J connectivity index is 0. The molecule has 0 unspecified atom stereocenters. The molecule has 0 spiro atoms. The van der Waals surface area contributed by atoms with Crippen LogP contribution >= 0.6 is 0 Å². The van der Waals surface area contributed by atoms with Crippen LogP contribution in [0.25, 0.3) is 0 Å². The van der Waals surface area contributed by atoms with E-state index in [2.05, 4.69) is 20.8 Å². The molecule has 0 N–H and O–H groups in total. The van der Waals surface area contributed by atoms with Crippen molar-refractivity contribution in [1.82, 2.24) is 0 Å². The van der Waals surface area contributed by atoms with Crippen LogP contribution in [0.3, 0.4) is 0 Å². The molecule has 45 valence electrons. The molecular weight excluding hydrogens is 107 g/mol. The molecule has 0 saturated heterocycles. The van der Waals surface area contributed by atoms with Gasteiger partial charge in [-0.25, -0.2) is 0 Å². The van der Waals surface area contributed by atoms with Crippen LogP contribution in [-0.4, -0.2) is 29.6 Å². The third-order valence-corrected chi connectivity index (χ3v) is 1.50. The van der Waals surface area contributed by atoms with Gasteiger partial charge in [-0.3, -0.25) is 0 Å². The Morgan fingerprint density at radius 3 is 1.12 bits per heavy atom. The minimum absolute atomic E-state index is 0. The molecule has 0 aromatic carbocycles. The Morgan fingerprint density at radius 2 is 1.12 bits per heavy atom. The van der Waals surface area contributed by atoms with E-state index < -0.39 is 0 Å². The van der Waals surface area contributed by atoms with Crippen LogP contribution in [0, 0.1) is 5.92 Å². The van der Waals surface area contributed by atoms with Gasteiger partial charge in [0.05, 0.1) is 0 Å². The van der Waals surface area contributed by atoms with E-state index >= 15 is 0 Å². The van der Waals surface area contributed by atoms with Crippen molar-refractivity contribution in [3.05, 3.63) is 5.92 Å². The molecule has 1 heteroatoms. The fourth-order valence-electron chi connectivity index (χ4n) is 0.750. The SMILES string of the molecule is CC[C](CC)CC.[NaH]. The van der Waals surface area contributed by atoms with Gasteiger partial charge in [-0.2, -0.15) is 0 Å². The average Bonchev–Trinajstić information content (AvgIpc) is 1.72. The van der Waals surface area contributed by atoms with Crippen LogP contribution in [0.1, 0.15) is 40.0 Å². The Kier molecular flexibility index (Phi) is 11.8. The molecule has 0 atom stereocenters. The summed E-state index contributed by atoms with van der Waals surface area (Å²) in [5, 5.41) is 0. The summed E-state index contributed by atoms with van der Waals surface area (Å²) in [7, 11) is 0. The second-order valence-corrected chi connectivity index (χ2v) is 1.81. The van der Waals surface area contributed by atoms with Crippen LogP contribution in [0.5, 0.6) is 0 Å². The predicted molar refractivity (Wildman–Crippen MR) is 41.3 cm³/mol. The zero-order chi connectivity index (χ0) is 5.70.